The molecule has 2 fully saturated rings. The number of likely N-dealkylation sites (tertiary alicyclic amines) is 2. The minimum absolute atomic E-state index is 0.0400. The number of hydrogen-bond donors (Lipinski definition) is 1. The van der Waals surface area contributed by atoms with E-state index in [4.69, 9.17) is 0 Å². The van der Waals surface area contributed by atoms with Crippen LogP contribution in [0.2, 0.25) is 0 Å². The Bertz CT molecular complexity index is 672. The van der Waals surface area contributed by atoms with Crippen molar-refractivity contribution in [2.75, 3.05) is 38.2 Å². The molecule has 2 amide bonds. The highest BCUT2D eigenvalue weighted by molar-refractivity contribution is 7.84. The normalized spacial score (nSPS) is 24.8. The van der Waals surface area contributed by atoms with E-state index in [-0.39, 0.29) is 17.2 Å². The molecule has 3 rings (SSSR count). The summed E-state index contributed by atoms with van der Waals surface area (Å²) in [5.41, 5.74) is 1.73. The Morgan fingerprint density at radius 2 is 1.92 bits per heavy atom. The van der Waals surface area contributed by atoms with Gasteiger partial charge in [0, 0.05) is 67.0 Å². The molecule has 2 aliphatic heterocycles. The standard InChI is InChI=1S/C17H25N3O3S/c1-13-9-14(18-10-13)16(22)20-7-5-17(12-20)4-6-19(11-17)15(21)3-8-24(2)23/h9-10,18H,3-8,11-12H2,1-2H3. The Labute approximate surface area is 145 Å². The minimum atomic E-state index is -0.932. The smallest absolute Gasteiger partial charge is 0.270 e. The van der Waals surface area contributed by atoms with Gasteiger partial charge in [0.1, 0.15) is 5.69 Å². The van der Waals surface area contributed by atoms with E-state index in [9.17, 15) is 13.8 Å². The number of hydrogen-bond acceptors (Lipinski definition) is 3. The zero-order valence-corrected chi connectivity index (χ0v) is 15.2. The van der Waals surface area contributed by atoms with Crippen molar-refractivity contribution in [2.45, 2.75) is 26.2 Å². The zero-order chi connectivity index (χ0) is 17.3. The lowest BCUT2D eigenvalue weighted by molar-refractivity contribution is -0.130. The number of aromatic amines is 1. The first-order valence-corrected chi connectivity index (χ1v) is 10.1. The van der Waals surface area contributed by atoms with Crippen LogP contribution in [-0.2, 0) is 15.6 Å². The molecule has 1 N–H and O–H groups in total. The van der Waals surface area contributed by atoms with Gasteiger partial charge in [0.15, 0.2) is 0 Å². The summed E-state index contributed by atoms with van der Waals surface area (Å²) >= 11 is 0. The fraction of sp³-hybridized carbons (Fsp3) is 0.647. The number of amides is 2. The number of H-pyrrole nitrogens is 1. The van der Waals surface area contributed by atoms with Crippen LogP contribution in [0.3, 0.4) is 0 Å². The van der Waals surface area contributed by atoms with Gasteiger partial charge in [-0.05, 0) is 31.4 Å². The zero-order valence-electron chi connectivity index (χ0n) is 14.3. The van der Waals surface area contributed by atoms with Gasteiger partial charge >= 0.3 is 0 Å². The molecule has 0 saturated carbocycles. The molecule has 2 saturated heterocycles. The molecule has 0 aliphatic carbocycles. The lowest BCUT2D eigenvalue weighted by atomic mass is 9.86. The first-order valence-electron chi connectivity index (χ1n) is 8.41. The number of carbonyl (C=O) groups is 2. The molecular weight excluding hydrogens is 326 g/mol. The highest BCUT2D eigenvalue weighted by Crippen LogP contribution is 2.40. The van der Waals surface area contributed by atoms with Crippen molar-refractivity contribution in [1.29, 1.82) is 0 Å². The summed E-state index contributed by atoms with van der Waals surface area (Å²) in [6.07, 6.45) is 5.71. The quantitative estimate of drug-likeness (QED) is 0.884. The SMILES string of the molecule is Cc1c[nH]c(C(=O)N2CCC3(CCN(C(=O)CCS(C)=O)C3)C2)c1. The largest absolute Gasteiger partial charge is 0.357 e. The summed E-state index contributed by atoms with van der Waals surface area (Å²) in [5, 5.41) is 0. The Balaban J connectivity index is 1.58. The minimum Gasteiger partial charge on any atom is -0.357 e. The van der Waals surface area contributed by atoms with E-state index in [1.807, 2.05) is 29.0 Å². The topological polar surface area (TPSA) is 73.5 Å². The molecule has 1 aromatic rings. The van der Waals surface area contributed by atoms with E-state index < -0.39 is 10.8 Å². The van der Waals surface area contributed by atoms with Crippen LogP contribution in [0.15, 0.2) is 12.3 Å². The maximum atomic E-state index is 12.6. The Hall–Kier alpha value is -1.63. The van der Waals surface area contributed by atoms with Crippen molar-refractivity contribution in [3.8, 4) is 0 Å². The number of nitrogens with zero attached hydrogens (tertiary/aromatic N) is 2. The van der Waals surface area contributed by atoms with E-state index in [1.54, 1.807) is 6.26 Å². The lowest BCUT2D eigenvalue weighted by Gasteiger charge is -2.24. The van der Waals surface area contributed by atoms with Crippen molar-refractivity contribution in [2.24, 2.45) is 5.41 Å². The van der Waals surface area contributed by atoms with Crippen LogP contribution in [0.5, 0.6) is 0 Å². The predicted molar refractivity (Wildman–Crippen MR) is 93.2 cm³/mol. The van der Waals surface area contributed by atoms with E-state index >= 15 is 0 Å². The summed E-state index contributed by atoms with van der Waals surface area (Å²) < 4.78 is 11.2. The second kappa shape index (κ2) is 6.70. The maximum absolute atomic E-state index is 12.6. The van der Waals surface area contributed by atoms with Gasteiger partial charge in [0.25, 0.3) is 5.91 Å². The summed E-state index contributed by atoms with van der Waals surface area (Å²) in [5.74, 6) is 0.567. The second-order valence-electron chi connectivity index (χ2n) is 7.16. The molecular formula is C17H25N3O3S. The number of aromatic nitrogens is 1. The Morgan fingerprint density at radius 3 is 2.54 bits per heavy atom. The van der Waals surface area contributed by atoms with Crippen molar-refractivity contribution < 1.29 is 13.8 Å². The molecule has 2 unspecified atom stereocenters. The summed E-state index contributed by atoms with van der Waals surface area (Å²) in [6.45, 7) is 4.89. The lowest BCUT2D eigenvalue weighted by Crippen LogP contribution is -2.36. The van der Waals surface area contributed by atoms with Crippen LogP contribution in [0, 0.1) is 12.3 Å². The molecule has 24 heavy (non-hydrogen) atoms. The molecule has 7 heteroatoms. The molecule has 3 heterocycles. The third-order valence-electron chi connectivity index (χ3n) is 5.18. The average Bonchev–Trinajstić information content (AvgIpc) is 3.26. The van der Waals surface area contributed by atoms with Gasteiger partial charge in [0.05, 0.1) is 0 Å². The molecule has 2 atom stereocenters. The first kappa shape index (κ1) is 17.2. The number of aryl methyl sites for hydroxylation is 1. The van der Waals surface area contributed by atoms with Gasteiger partial charge in [-0.1, -0.05) is 0 Å². The molecule has 0 radical (unpaired) electrons. The van der Waals surface area contributed by atoms with Gasteiger partial charge in [-0.25, -0.2) is 0 Å². The molecule has 132 valence electrons. The highest BCUT2D eigenvalue weighted by atomic mass is 32.2. The number of carbonyl (C=O) groups excluding carboxylic acids is 2. The van der Waals surface area contributed by atoms with Crippen LogP contribution in [0.25, 0.3) is 0 Å². The molecule has 1 spiro atoms. The average molecular weight is 351 g/mol. The number of rotatable bonds is 4. The fourth-order valence-corrected chi connectivity index (χ4v) is 4.24. The maximum Gasteiger partial charge on any atom is 0.270 e. The highest BCUT2D eigenvalue weighted by Gasteiger charge is 2.45. The van der Waals surface area contributed by atoms with Crippen molar-refractivity contribution >= 4 is 22.6 Å². The predicted octanol–water partition coefficient (Wildman–Crippen LogP) is 1.16. The van der Waals surface area contributed by atoms with Gasteiger partial charge in [0.2, 0.25) is 5.91 Å². The third kappa shape index (κ3) is 3.55. The van der Waals surface area contributed by atoms with Crippen LogP contribution < -0.4 is 0 Å². The molecule has 1 aromatic heterocycles. The monoisotopic (exact) mass is 351 g/mol. The molecule has 0 bridgehead atoms. The van der Waals surface area contributed by atoms with Crippen molar-refractivity contribution in [3.63, 3.8) is 0 Å². The summed E-state index contributed by atoms with van der Waals surface area (Å²) in [6, 6.07) is 1.88. The van der Waals surface area contributed by atoms with Gasteiger partial charge < -0.3 is 14.8 Å². The Kier molecular flexibility index (Phi) is 4.80. The molecule has 6 nitrogen and oxygen atoms in total. The summed E-state index contributed by atoms with van der Waals surface area (Å²) in [7, 11) is -0.932. The molecule has 0 aromatic carbocycles. The van der Waals surface area contributed by atoms with Crippen molar-refractivity contribution in [3.05, 3.63) is 23.5 Å². The van der Waals surface area contributed by atoms with Crippen LogP contribution in [0.4, 0.5) is 0 Å². The van der Waals surface area contributed by atoms with E-state index in [0.29, 0.717) is 24.4 Å². The number of nitrogens with one attached hydrogen (secondary N) is 1. The third-order valence-corrected chi connectivity index (χ3v) is 5.96. The van der Waals surface area contributed by atoms with Gasteiger partial charge in [-0.3, -0.25) is 13.8 Å². The van der Waals surface area contributed by atoms with E-state index in [1.165, 1.54) is 0 Å². The van der Waals surface area contributed by atoms with Gasteiger partial charge in [-0.15, -0.1) is 0 Å². The van der Waals surface area contributed by atoms with Crippen LogP contribution >= 0.6 is 0 Å². The second-order valence-corrected chi connectivity index (χ2v) is 8.71. The Morgan fingerprint density at radius 1 is 1.25 bits per heavy atom. The fourth-order valence-electron chi connectivity index (χ4n) is 3.78. The first-order chi connectivity index (χ1) is 11.4. The van der Waals surface area contributed by atoms with Gasteiger partial charge in [-0.2, -0.15) is 0 Å². The van der Waals surface area contributed by atoms with E-state index in [2.05, 4.69) is 4.98 Å². The van der Waals surface area contributed by atoms with E-state index in [0.717, 1.165) is 38.0 Å². The molecule has 2 aliphatic rings. The van der Waals surface area contributed by atoms with Crippen LogP contribution in [-0.4, -0.2) is 69.0 Å². The van der Waals surface area contributed by atoms with Crippen molar-refractivity contribution in [1.82, 2.24) is 14.8 Å². The summed E-state index contributed by atoms with van der Waals surface area (Å²) in [4.78, 5) is 31.6. The van der Waals surface area contributed by atoms with Crippen LogP contribution in [0.1, 0.15) is 35.3 Å².